The number of rotatable bonds is 5. The van der Waals surface area contributed by atoms with E-state index in [1.807, 2.05) is 36.4 Å². The molecule has 2 aromatic heterocycles. The van der Waals surface area contributed by atoms with Crippen molar-refractivity contribution in [1.29, 1.82) is 0 Å². The summed E-state index contributed by atoms with van der Waals surface area (Å²) in [5.41, 5.74) is 11.5. The first-order valence-corrected chi connectivity index (χ1v) is 20.7. The van der Waals surface area contributed by atoms with Crippen LogP contribution in [0.15, 0.2) is 168 Å². The minimum atomic E-state index is -2.05. The van der Waals surface area contributed by atoms with Gasteiger partial charge in [-0.1, -0.05) is 153 Å². The normalized spacial score (nSPS) is 13.0. The lowest BCUT2D eigenvalue weighted by molar-refractivity contribution is 0.669. The summed E-state index contributed by atoms with van der Waals surface area (Å²) in [6.07, 6.45) is 0. The SMILES string of the molecule is C[Si]1(C)c2ccccc2-c2c(-c3nc(-c4ccccc4)nc(-c4cc(-c5ccccc5)cc5oc6ccccc6c45)n3)cc(-c3ccccc3)cc21. The van der Waals surface area contributed by atoms with E-state index in [4.69, 9.17) is 19.4 Å². The van der Waals surface area contributed by atoms with Crippen molar-refractivity contribution in [2.45, 2.75) is 13.1 Å². The van der Waals surface area contributed by atoms with Gasteiger partial charge in [-0.3, -0.25) is 0 Å². The van der Waals surface area contributed by atoms with Crippen molar-refractivity contribution in [3.63, 3.8) is 0 Å². The highest BCUT2D eigenvalue weighted by Gasteiger charge is 2.39. The number of benzene rings is 7. The first kappa shape index (κ1) is 30.4. The Morgan fingerprint density at radius 3 is 1.65 bits per heavy atom. The molecule has 0 radical (unpaired) electrons. The van der Waals surface area contributed by atoms with E-state index in [0.29, 0.717) is 17.5 Å². The van der Waals surface area contributed by atoms with E-state index in [1.165, 1.54) is 32.6 Å². The zero-order valence-corrected chi connectivity index (χ0v) is 29.8. The van der Waals surface area contributed by atoms with Gasteiger partial charge in [0.25, 0.3) is 0 Å². The summed E-state index contributed by atoms with van der Waals surface area (Å²) in [5.74, 6) is 1.90. The molecule has 4 nitrogen and oxygen atoms in total. The molecule has 0 bridgehead atoms. The Labute approximate surface area is 303 Å². The standard InChI is InChI=1S/C47H33N3OSi/c1-52(2)41-25-15-13-23-36(41)44-38(27-34(29-42(44)52)31-18-8-4-9-19-31)47-49-45(32-20-10-5-11-21-32)48-46(50-47)37-26-33(30-16-6-3-7-17-30)28-40-43(37)35-22-12-14-24-39(35)51-40/h3-29H,1-2H3. The molecule has 5 heteroatoms. The molecule has 0 spiro atoms. The average molecular weight is 684 g/mol. The molecular weight excluding hydrogens is 651 g/mol. The fraction of sp³-hybridized carbons (Fsp3) is 0.0426. The van der Waals surface area contributed by atoms with Crippen LogP contribution in [-0.2, 0) is 0 Å². The van der Waals surface area contributed by atoms with Gasteiger partial charge >= 0.3 is 0 Å². The molecule has 0 N–H and O–H groups in total. The lowest BCUT2D eigenvalue weighted by atomic mass is 9.94. The van der Waals surface area contributed by atoms with Crippen LogP contribution in [0.3, 0.4) is 0 Å². The molecule has 7 aromatic carbocycles. The molecule has 3 heterocycles. The van der Waals surface area contributed by atoms with Crippen LogP contribution in [-0.4, -0.2) is 23.0 Å². The van der Waals surface area contributed by atoms with Crippen LogP contribution in [0, 0.1) is 0 Å². The maximum absolute atomic E-state index is 6.53. The number of para-hydroxylation sites is 1. The molecule has 1 aliphatic rings. The van der Waals surface area contributed by atoms with Gasteiger partial charge in [0.15, 0.2) is 17.5 Å². The van der Waals surface area contributed by atoms with Gasteiger partial charge in [-0.25, -0.2) is 15.0 Å². The van der Waals surface area contributed by atoms with E-state index in [2.05, 4.69) is 140 Å². The Balaban J connectivity index is 1.31. The fourth-order valence-corrected chi connectivity index (χ4v) is 11.0. The molecule has 10 rings (SSSR count). The van der Waals surface area contributed by atoms with Crippen molar-refractivity contribution < 1.29 is 4.42 Å². The first-order valence-electron chi connectivity index (χ1n) is 17.7. The van der Waals surface area contributed by atoms with E-state index >= 15 is 0 Å². The van der Waals surface area contributed by atoms with Crippen molar-refractivity contribution in [3.05, 3.63) is 164 Å². The highest BCUT2D eigenvalue weighted by atomic mass is 28.3. The Kier molecular flexibility index (Phi) is 6.91. The predicted octanol–water partition coefficient (Wildman–Crippen LogP) is 10.9. The van der Waals surface area contributed by atoms with Gasteiger partial charge in [0.2, 0.25) is 0 Å². The number of hydrogen-bond acceptors (Lipinski definition) is 4. The topological polar surface area (TPSA) is 51.8 Å². The summed E-state index contributed by atoms with van der Waals surface area (Å²) in [4.78, 5) is 16.0. The number of fused-ring (bicyclic) bond motifs is 6. The van der Waals surface area contributed by atoms with Crippen molar-refractivity contribution in [2.75, 3.05) is 0 Å². The van der Waals surface area contributed by atoms with Crippen molar-refractivity contribution >= 4 is 40.4 Å². The third-order valence-corrected chi connectivity index (χ3v) is 14.0. The molecule has 0 fully saturated rings. The van der Waals surface area contributed by atoms with Gasteiger partial charge in [0, 0.05) is 27.5 Å². The third-order valence-electron chi connectivity index (χ3n) is 10.5. The van der Waals surface area contributed by atoms with Gasteiger partial charge < -0.3 is 4.42 Å². The van der Waals surface area contributed by atoms with Gasteiger partial charge in [-0.15, -0.1) is 0 Å². The summed E-state index contributed by atoms with van der Waals surface area (Å²) < 4.78 is 6.53. The minimum absolute atomic E-state index is 0.611. The van der Waals surface area contributed by atoms with Crippen molar-refractivity contribution in [3.8, 4) is 67.5 Å². The van der Waals surface area contributed by atoms with E-state index in [-0.39, 0.29) is 0 Å². The number of nitrogens with zero attached hydrogens (tertiary/aromatic N) is 3. The summed E-state index contributed by atoms with van der Waals surface area (Å²) in [6, 6.07) is 57.5. The molecule has 9 aromatic rings. The summed E-state index contributed by atoms with van der Waals surface area (Å²) in [5, 5.41) is 4.87. The molecule has 0 unspecified atom stereocenters. The number of hydrogen-bond donors (Lipinski definition) is 0. The second-order valence-corrected chi connectivity index (χ2v) is 18.3. The van der Waals surface area contributed by atoms with E-state index < -0.39 is 8.07 Å². The molecule has 0 amide bonds. The fourth-order valence-electron chi connectivity index (χ4n) is 7.95. The van der Waals surface area contributed by atoms with Gasteiger partial charge in [-0.05, 0) is 68.0 Å². The van der Waals surface area contributed by atoms with E-state index in [1.54, 1.807) is 0 Å². The Morgan fingerprint density at radius 2 is 0.942 bits per heavy atom. The molecule has 52 heavy (non-hydrogen) atoms. The number of aromatic nitrogens is 3. The van der Waals surface area contributed by atoms with Crippen LogP contribution in [0.25, 0.3) is 89.5 Å². The smallest absolute Gasteiger partial charge is 0.164 e. The van der Waals surface area contributed by atoms with Crippen LogP contribution < -0.4 is 10.4 Å². The van der Waals surface area contributed by atoms with Gasteiger partial charge in [-0.2, -0.15) is 0 Å². The zero-order chi connectivity index (χ0) is 34.8. The highest BCUT2D eigenvalue weighted by Crippen LogP contribution is 2.42. The van der Waals surface area contributed by atoms with Gasteiger partial charge in [0.05, 0.1) is 0 Å². The molecule has 246 valence electrons. The summed E-state index contributed by atoms with van der Waals surface area (Å²) in [7, 11) is -2.05. The number of furan rings is 1. The van der Waals surface area contributed by atoms with E-state index in [9.17, 15) is 0 Å². The summed E-state index contributed by atoms with van der Waals surface area (Å²) in [6.45, 7) is 4.92. The summed E-state index contributed by atoms with van der Waals surface area (Å²) >= 11 is 0. The predicted molar refractivity (Wildman–Crippen MR) is 216 cm³/mol. The zero-order valence-electron chi connectivity index (χ0n) is 28.8. The third kappa shape index (κ3) is 4.85. The average Bonchev–Trinajstić information content (AvgIpc) is 3.70. The Morgan fingerprint density at radius 1 is 0.404 bits per heavy atom. The van der Waals surface area contributed by atoms with Crippen LogP contribution in [0.5, 0.6) is 0 Å². The molecule has 0 atom stereocenters. The highest BCUT2D eigenvalue weighted by molar-refractivity contribution is 7.04. The Hall–Kier alpha value is -6.43. The quantitative estimate of drug-likeness (QED) is 0.169. The molecule has 0 aliphatic carbocycles. The Bertz CT molecular complexity index is 2810. The van der Waals surface area contributed by atoms with Crippen molar-refractivity contribution in [1.82, 2.24) is 15.0 Å². The van der Waals surface area contributed by atoms with E-state index in [0.717, 1.165) is 49.8 Å². The lowest BCUT2D eigenvalue weighted by Gasteiger charge is -2.20. The first-order chi connectivity index (χ1) is 25.5. The monoisotopic (exact) mass is 683 g/mol. The maximum Gasteiger partial charge on any atom is 0.164 e. The van der Waals surface area contributed by atoms with Gasteiger partial charge in [0.1, 0.15) is 19.2 Å². The van der Waals surface area contributed by atoms with Crippen molar-refractivity contribution in [2.24, 2.45) is 0 Å². The molecular formula is C47H33N3OSi. The molecule has 0 saturated carbocycles. The largest absolute Gasteiger partial charge is 0.456 e. The second-order valence-electron chi connectivity index (χ2n) is 14.0. The van der Waals surface area contributed by atoms with Crippen LogP contribution in [0.1, 0.15) is 0 Å². The van der Waals surface area contributed by atoms with Crippen LogP contribution in [0.2, 0.25) is 13.1 Å². The second kappa shape index (κ2) is 11.8. The maximum atomic E-state index is 6.53. The molecule has 0 saturated heterocycles. The van der Waals surface area contributed by atoms with Crippen LogP contribution in [0.4, 0.5) is 0 Å². The minimum Gasteiger partial charge on any atom is -0.456 e. The molecule has 1 aliphatic heterocycles. The lowest BCUT2D eigenvalue weighted by Crippen LogP contribution is -2.49. The van der Waals surface area contributed by atoms with Crippen LogP contribution >= 0.6 is 0 Å².